The molecule has 0 radical (unpaired) electrons. The van der Waals surface area contributed by atoms with Gasteiger partial charge in [-0.3, -0.25) is 0 Å². The molecule has 0 spiro atoms. The summed E-state index contributed by atoms with van der Waals surface area (Å²) in [6.45, 7) is 12.8. The third-order valence-electron chi connectivity index (χ3n) is 4.92. The number of rotatable bonds is 9. The maximum atomic E-state index is 5.45. The molecule has 0 fully saturated rings. The van der Waals surface area contributed by atoms with Gasteiger partial charge in [-0.25, -0.2) is 4.99 Å². The largest absolute Gasteiger partial charge is 0.497 e. The summed E-state index contributed by atoms with van der Waals surface area (Å²) in [7, 11) is 1.68. The molecule has 1 aromatic heterocycles. The lowest BCUT2D eigenvalue weighted by Gasteiger charge is -2.27. The van der Waals surface area contributed by atoms with Gasteiger partial charge in [0.05, 0.1) is 19.3 Å². The van der Waals surface area contributed by atoms with E-state index in [2.05, 4.69) is 62.5 Å². The fourth-order valence-electron chi connectivity index (χ4n) is 3.07. The molecule has 154 valence electrons. The average Bonchev–Trinajstić information content (AvgIpc) is 3.12. The molecular weight excluding hydrogens is 352 g/mol. The van der Waals surface area contributed by atoms with Crippen molar-refractivity contribution in [2.24, 2.45) is 4.99 Å². The zero-order chi connectivity index (χ0) is 20.6. The Morgan fingerprint density at radius 1 is 1.11 bits per heavy atom. The van der Waals surface area contributed by atoms with Crippen molar-refractivity contribution in [3.63, 3.8) is 0 Å². The Morgan fingerprint density at radius 2 is 1.82 bits per heavy atom. The Labute approximate surface area is 168 Å². The molecule has 2 rings (SSSR count). The molecule has 0 saturated carbocycles. The molecule has 2 aromatic rings. The summed E-state index contributed by atoms with van der Waals surface area (Å²) < 4.78 is 10.7. The number of aromatic nitrogens is 1. The fourth-order valence-corrected chi connectivity index (χ4v) is 3.07. The van der Waals surface area contributed by atoms with Gasteiger partial charge in [-0.15, -0.1) is 0 Å². The highest BCUT2D eigenvalue weighted by molar-refractivity contribution is 5.79. The predicted molar refractivity (Wildman–Crippen MR) is 114 cm³/mol. The van der Waals surface area contributed by atoms with Gasteiger partial charge in [0, 0.05) is 30.5 Å². The SMILES string of the molecule is CCNC(=NCc1c(CC)noc1CC)NCC(C)(C)c1ccc(OC)cc1. The van der Waals surface area contributed by atoms with E-state index >= 15 is 0 Å². The Kier molecular flexibility index (Phi) is 7.91. The van der Waals surface area contributed by atoms with Crippen LogP contribution in [0.25, 0.3) is 0 Å². The fraction of sp³-hybridized carbons (Fsp3) is 0.545. The van der Waals surface area contributed by atoms with E-state index < -0.39 is 0 Å². The number of hydrogen-bond donors (Lipinski definition) is 2. The smallest absolute Gasteiger partial charge is 0.191 e. The molecule has 0 aliphatic rings. The lowest BCUT2D eigenvalue weighted by atomic mass is 9.84. The van der Waals surface area contributed by atoms with Gasteiger partial charge in [-0.2, -0.15) is 0 Å². The van der Waals surface area contributed by atoms with E-state index in [-0.39, 0.29) is 5.41 Å². The van der Waals surface area contributed by atoms with Gasteiger partial charge in [0.1, 0.15) is 11.5 Å². The van der Waals surface area contributed by atoms with Crippen LogP contribution in [0.1, 0.15) is 57.2 Å². The Bertz CT molecular complexity index is 742. The van der Waals surface area contributed by atoms with Crippen LogP contribution in [0.2, 0.25) is 0 Å². The molecule has 0 bridgehead atoms. The number of benzene rings is 1. The molecule has 2 N–H and O–H groups in total. The highest BCUT2D eigenvalue weighted by Gasteiger charge is 2.21. The first-order chi connectivity index (χ1) is 13.4. The molecule has 0 amide bonds. The zero-order valence-electron chi connectivity index (χ0n) is 18.1. The number of ether oxygens (including phenoxy) is 1. The third-order valence-corrected chi connectivity index (χ3v) is 4.92. The van der Waals surface area contributed by atoms with Crippen LogP contribution in [0.4, 0.5) is 0 Å². The average molecular weight is 387 g/mol. The van der Waals surface area contributed by atoms with Crippen LogP contribution in [-0.4, -0.2) is 31.3 Å². The van der Waals surface area contributed by atoms with Gasteiger partial charge >= 0.3 is 0 Å². The Balaban J connectivity index is 2.09. The first-order valence-corrected chi connectivity index (χ1v) is 10.1. The van der Waals surface area contributed by atoms with Crippen molar-refractivity contribution < 1.29 is 9.26 Å². The summed E-state index contributed by atoms with van der Waals surface area (Å²) in [5.74, 6) is 2.60. The van der Waals surface area contributed by atoms with Crippen LogP contribution >= 0.6 is 0 Å². The summed E-state index contributed by atoms with van der Waals surface area (Å²) in [6.07, 6.45) is 1.68. The number of aliphatic imine (C=N–C) groups is 1. The molecular formula is C22H34N4O2. The minimum atomic E-state index is -0.0528. The van der Waals surface area contributed by atoms with Crippen LogP contribution in [-0.2, 0) is 24.8 Å². The van der Waals surface area contributed by atoms with Crippen molar-refractivity contribution >= 4 is 5.96 Å². The van der Waals surface area contributed by atoms with Gasteiger partial charge in [-0.1, -0.05) is 45.0 Å². The van der Waals surface area contributed by atoms with Crippen molar-refractivity contribution in [1.82, 2.24) is 15.8 Å². The minimum Gasteiger partial charge on any atom is -0.497 e. The number of guanidine groups is 1. The summed E-state index contributed by atoms with van der Waals surface area (Å²) in [5.41, 5.74) is 3.30. The van der Waals surface area contributed by atoms with Gasteiger partial charge in [0.25, 0.3) is 0 Å². The summed E-state index contributed by atoms with van der Waals surface area (Å²) in [4.78, 5) is 4.77. The summed E-state index contributed by atoms with van der Waals surface area (Å²) in [5, 5.41) is 11.0. The van der Waals surface area contributed by atoms with E-state index in [1.807, 2.05) is 12.1 Å². The quantitative estimate of drug-likeness (QED) is 0.506. The molecule has 1 aromatic carbocycles. The van der Waals surface area contributed by atoms with Crippen LogP contribution in [0.5, 0.6) is 5.75 Å². The Hall–Kier alpha value is -2.50. The number of nitrogens with zero attached hydrogens (tertiary/aromatic N) is 2. The molecule has 0 aliphatic carbocycles. The first kappa shape index (κ1) is 21.8. The lowest BCUT2D eigenvalue weighted by Crippen LogP contribution is -2.43. The van der Waals surface area contributed by atoms with E-state index in [9.17, 15) is 0 Å². The van der Waals surface area contributed by atoms with Crippen molar-refractivity contribution in [3.05, 3.63) is 46.8 Å². The molecule has 0 atom stereocenters. The van der Waals surface area contributed by atoms with E-state index in [0.717, 1.165) is 54.7 Å². The van der Waals surface area contributed by atoms with E-state index in [4.69, 9.17) is 14.3 Å². The van der Waals surface area contributed by atoms with Crippen molar-refractivity contribution in [2.75, 3.05) is 20.2 Å². The number of aryl methyl sites for hydroxylation is 2. The van der Waals surface area contributed by atoms with Crippen molar-refractivity contribution in [3.8, 4) is 5.75 Å². The number of hydrogen-bond acceptors (Lipinski definition) is 4. The lowest BCUT2D eigenvalue weighted by molar-refractivity contribution is 0.380. The highest BCUT2D eigenvalue weighted by atomic mass is 16.5. The zero-order valence-corrected chi connectivity index (χ0v) is 18.1. The molecule has 0 aliphatic heterocycles. The Morgan fingerprint density at radius 3 is 2.39 bits per heavy atom. The van der Waals surface area contributed by atoms with Crippen LogP contribution < -0.4 is 15.4 Å². The molecule has 0 unspecified atom stereocenters. The summed E-state index contributed by atoms with van der Waals surface area (Å²) >= 11 is 0. The van der Waals surface area contributed by atoms with Gasteiger partial charge in [-0.05, 0) is 31.0 Å². The minimum absolute atomic E-state index is 0.0528. The molecule has 6 nitrogen and oxygen atoms in total. The van der Waals surface area contributed by atoms with Gasteiger partial charge in [0.2, 0.25) is 0 Å². The maximum absolute atomic E-state index is 5.45. The third kappa shape index (κ3) is 5.50. The molecule has 6 heteroatoms. The van der Waals surface area contributed by atoms with Crippen LogP contribution in [0, 0.1) is 0 Å². The van der Waals surface area contributed by atoms with Crippen molar-refractivity contribution in [2.45, 2.75) is 59.4 Å². The monoisotopic (exact) mass is 386 g/mol. The van der Waals surface area contributed by atoms with E-state index in [0.29, 0.717) is 6.54 Å². The second-order valence-electron chi connectivity index (χ2n) is 7.40. The maximum Gasteiger partial charge on any atom is 0.191 e. The molecule has 0 saturated heterocycles. The first-order valence-electron chi connectivity index (χ1n) is 10.1. The summed E-state index contributed by atoms with van der Waals surface area (Å²) in [6, 6.07) is 8.23. The highest BCUT2D eigenvalue weighted by Crippen LogP contribution is 2.24. The van der Waals surface area contributed by atoms with E-state index in [1.165, 1.54) is 5.56 Å². The normalized spacial score (nSPS) is 12.1. The molecule has 28 heavy (non-hydrogen) atoms. The second kappa shape index (κ2) is 10.2. The van der Waals surface area contributed by atoms with Crippen LogP contribution in [0.3, 0.4) is 0 Å². The second-order valence-corrected chi connectivity index (χ2v) is 7.40. The van der Waals surface area contributed by atoms with Gasteiger partial charge < -0.3 is 19.9 Å². The van der Waals surface area contributed by atoms with Crippen LogP contribution in [0.15, 0.2) is 33.8 Å². The van der Waals surface area contributed by atoms with E-state index in [1.54, 1.807) is 7.11 Å². The predicted octanol–water partition coefficient (Wildman–Crippen LogP) is 3.84. The van der Waals surface area contributed by atoms with Crippen molar-refractivity contribution in [1.29, 1.82) is 0 Å². The molecule has 1 heterocycles. The number of nitrogens with one attached hydrogen (secondary N) is 2. The van der Waals surface area contributed by atoms with Gasteiger partial charge in [0.15, 0.2) is 5.96 Å². The topological polar surface area (TPSA) is 71.7 Å². The standard InChI is InChI=1S/C22H34N4O2/c1-7-19-18(20(8-2)28-26-19)14-24-21(23-9-3)25-15-22(4,5)16-10-12-17(27-6)13-11-16/h10-13H,7-9,14-15H2,1-6H3,(H2,23,24,25). The number of methoxy groups -OCH3 is 1.